The molecule has 11 heteroatoms. The van der Waals surface area contributed by atoms with Gasteiger partial charge in [0.05, 0.1) is 30.7 Å². The smallest absolute Gasteiger partial charge is 0.264 e. The van der Waals surface area contributed by atoms with E-state index in [1.165, 1.54) is 17.7 Å². The predicted octanol–water partition coefficient (Wildman–Crippen LogP) is 6.36. The average molecular weight is 729 g/mol. The molecule has 1 saturated heterocycles. The minimum atomic E-state index is -0.470. The van der Waals surface area contributed by atoms with Crippen molar-refractivity contribution >= 4 is 29.0 Å². The van der Waals surface area contributed by atoms with Crippen molar-refractivity contribution in [1.29, 1.82) is 0 Å². The van der Waals surface area contributed by atoms with E-state index in [9.17, 15) is 9.90 Å². The summed E-state index contributed by atoms with van der Waals surface area (Å²) in [4.78, 5) is 42.3. The van der Waals surface area contributed by atoms with Gasteiger partial charge in [-0.1, -0.05) is 24.3 Å². The molecule has 3 aliphatic heterocycles. The number of halogens is 1. The molecule has 0 unspecified atom stereocenters. The van der Waals surface area contributed by atoms with Gasteiger partial charge in [0, 0.05) is 87.5 Å². The number of aromatic nitrogens is 2. The highest BCUT2D eigenvalue weighted by atomic mass is 19.1. The van der Waals surface area contributed by atoms with Gasteiger partial charge in [0.2, 0.25) is 0 Å². The van der Waals surface area contributed by atoms with Crippen LogP contribution in [-0.4, -0.2) is 88.8 Å². The maximum Gasteiger partial charge on any atom is 0.264 e. The Hall–Kier alpha value is -5.52. The Morgan fingerprint density at radius 3 is 2.44 bits per heavy atom. The summed E-state index contributed by atoms with van der Waals surface area (Å²) >= 11 is 0. The molecule has 54 heavy (non-hydrogen) atoms. The summed E-state index contributed by atoms with van der Waals surface area (Å²) < 4.78 is 22.8. The predicted molar refractivity (Wildman–Crippen MR) is 207 cm³/mol. The largest absolute Gasteiger partial charge is 0.508 e. The van der Waals surface area contributed by atoms with Crippen molar-refractivity contribution in [2.24, 2.45) is 7.05 Å². The number of aromatic hydroxyl groups is 1. The normalized spacial score (nSPS) is 17.0. The molecule has 8 rings (SSSR count). The van der Waals surface area contributed by atoms with Crippen molar-refractivity contribution in [1.82, 2.24) is 19.4 Å². The highest BCUT2D eigenvalue weighted by molar-refractivity contribution is 6.12. The minimum absolute atomic E-state index is 0.0560. The third-order valence-corrected chi connectivity index (χ3v) is 11.2. The molecule has 5 aromatic rings. The molecular formula is C43H45FN6O4. The second-order valence-electron chi connectivity index (χ2n) is 14.6. The Balaban J connectivity index is 1.23. The zero-order valence-corrected chi connectivity index (χ0v) is 31.0. The molecule has 3 aliphatic rings. The summed E-state index contributed by atoms with van der Waals surface area (Å²) in [6.07, 6.45) is 3.78. The number of benzene rings is 3. The van der Waals surface area contributed by atoms with Gasteiger partial charge in [-0.3, -0.25) is 19.4 Å². The molecule has 5 heterocycles. The number of ether oxygens (including phenoxy) is 1. The molecular weight excluding hydrogens is 684 g/mol. The maximum absolute atomic E-state index is 15.3. The lowest BCUT2D eigenvalue weighted by Gasteiger charge is -2.35. The number of phenolic OH excluding ortho intramolecular Hbond substituents is 1. The Morgan fingerprint density at radius 2 is 1.67 bits per heavy atom. The van der Waals surface area contributed by atoms with Crippen molar-refractivity contribution in [3.8, 4) is 17.0 Å². The molecule has 1 fully saturated rings. The van der Waals surface area contributed by atoms with Crippen LogP contribution in [0.2, 0.25) is 0 Å². The third-order valence-electron chi connectivity index (χ3n) is 11.2. The molecule has 0 bridgehead atoms. The standard InChI is InChI=1S/C43H45FN6O4/c1-28-22-29-6-4-5-7-31(29)27-49(28)42(52)36-13-8-32(44)24-37(36)40-25-38(39(47(40)3)15-17-48-18-20-54-21-19-48)43(53)50(33-9-11-35(51)12-10-33)34-23-30-14-16-46(2)41(30)45-26-34/h4-13,23-26,28,51H,14-22,27H2,1-3H3/t28-/m1/s1. The molecule has 0 radical (unpaired) electrons. The first-order valence-corrected chi connectivity index (χ1v) is 18.7. The van der Waals surface area contributed by atoms with Crippen LogP contribution in [0.4, 0.5) is 21.6 Å². The fraction of sp³-hybridized carbons (Fsp3) is 0.326. The van der Waals surface area contributed by atoms with Crippen molar-refractivity contribution in [3.05, 3.63) is 124 Å². The van der Waals surface area contributed by atoms with E-state index in [0.717, 1.165) is 55.1 Å². The molecule has 10 nitrogen and oxygen atoms in total. The quantitative estimate of drug-likeness (QED) is 0.199. The molecule has 1 N–H and O–H groups in total. The number of pyridine rings is 1. The van der Waals surface area contributed by atoms with E-state index in [0.29, 0.717) is 66.5 Å². The van der Waals surface area contributed by atoms with E-state index < -0.39 is 5.82 Å². The number of hydrogen-bond donors (Lipinski definition) is 1. The first kappa shape index (κ1) is 35.5. The lowest BCUT2D eigenvalue weighted by atomic mass is 9.93. The van der Waals surface area contributed by atoms with Crippen LogP contribution >= 0.6 is 0 Å². The van der Waals surface area contributed by atoms with Crippen molar-refractivity contribution < 1.29 is 23.8 Å². The van der Waals surface area contributed by atoms with Crippen molar-refractivity contribution in [3.63, 3.8) is 0 Å². The van der Waals surface area contributed by atoms with E-state index >= 15 is 9.18 Å². The van der Waals surface area contributed by atoms with Gasteiger partial charge in [-0.15, -0.1) is 0 Å². The summed E-state index contributed by atoms with van der Waals surface area (Å²) in [6.45, 7) is 6.90. The molecule has 3 aromatic carbocycles. The summed E-state index contributed by atoms with van der Waals surface area (Å²) in [6, 6.07) is 22.8. The molecule has 0 aliphatic carbocycles. The lowest BCUT2D eigenvalue weighted by molar-refractivity contribution is 0.0382. The van der Waals surface area contributed by atoms with E-state index in [4.69, 9.17) is 9.72 Å². The number of hydrogen-bond acceptors (Lipinski definition) is 7. The summed E-state index contributed by atoms with van der Waals surface area (Å²) in [5.41, 5.74) is 7.13. The Kier molecular flexibility index (Phi) is 9.68. The van der Waals surface area contributed by atoms with Gasteiger partial charge in [0.15, 0.2) is 0 Å². The highest BCUT2D eigenvalue weighted by Crippen LogP contribution is 2.37. The first-order chi connectivity index (χ1) is 26.2. The van der Waals surface area contributed by atoms with Gasteiger partial charge >= 0.3 is 0 Å². The van der Waals surface area contributed by atoms with Gasteiger partial charge < -0.3 is 24.2 Å². The van der Waals surface area contributed by atoms with Crippen LogP contribution in [0.1, 0.15) is 50.0 Å². The Labute approximate surface area is 315 Å². The van der Waals surface area contributed by atoms with Gasteiger partial charge in [-0.05, 0) is 91.1 Å². The van der Waals surface area contributed by atoms with Gasteiger partial charge in [-0.2, -0.15) is 0 Å². The van der Waals surface area contributed by atoms with Crippen LogP contribution < -0.4 is 9.80 Å². The van der Waals surface area contributed by atoms with Crippen LogP contribution in [0.5, 0.6) is 5.75 Å². The van der Waals surface area contributed by atoms with Crippen molar-refractivity contribution in [2.75, 3.05) is 56.2 Å². The summed E-state index contributed by atoms with van der Waals surface area (Å²) in [5, 5.41) is 10.2. The SMILES string of the molecule is C[C@@H]1Cc2ccccc2CN1C(=O)c1ccc(F)cc1-c1cc(C(=O)N(c2ccc(O)cc2)c2cnc3c(c2)CCN3C)c(CCN2CCOCC2)n1C. The molecule has 0 spiro atoms. The summed E-state index contributed by atoms with van der Waals surface area (Å²) in [7, 11) is 3.89. The fourth-order valence-electron chi connectivity index (χ4n) is 8.14. The third kappa shape index (κ3) is 6.73. The number of nitrogens with zero attached hydrogens (tertiary/aromatic N) is 6. The van der Waals surface area contributed by atoms with Crippen molar-refractivity contribution in [2.45, 2.75) is 38.8 Å². The minimum Gasteiger partial charge on any atom is -0.508 e. The Bertz CT molecular complexity index is 2210. The van der Waals surface area contributed by atoms with E-state index in [2.05, 4.69) is 21.9 Å². The van der Waals surface area contributed by atoms with Gasteiger partial charge in [0.1, 0.15) is 17.4 Å². The summed E-state index contributed by atoms with van der Waals surface area (Å²) in [5.74, 6) is 0.0270. The number of amides is 2. The second-order valence-corrected chi connectivity index (χ2v) is 14.6. The number of fused-ring (bicyclic) bond motifs is 2. The number of phenols is 1. The fourth-order valence-corrected chi connectivity index (χ4v) is 8.14. The first-order valence-electron chi connectivity index (χ1n) is 18.7. The number of carbonyl (C=O) groups excluding carboxylic acids is 2. The monoisotopic (exact) mass is 728 g/mol. The molecule has 2 amide bonds. The average Bonchev–Trinajstić information content (AvgIpc) is 3.72. The van der Waals surface area contributed by atoms with E-state index in [-0.39, 0.29) is 23.6 Å². The topological polar surface area (TPSA) is 94.4 Å². The van der Waals surface area contributed by atoms with Crippen LogP contribution in [0, 0.1) is 5.82 Å². The van der Waals surface area contributed by atoms with E-state index in [1.54, 1.807) is 47.5 Å². The zero-order valence-electron chi connectivity index (χ0n) is 31.0. The maximum atomic E-state index is 15.3. The zero-order chi connectivity index (χ0) is 37.5. The number of anilines is 3. The van der Waals surface area contributed by atoms with Crippen LogP contribution in [-0.2, 0) is 37.6 Å². The number of likely N-dealkylation sites (N-methyl/N-ethyl adjacent to an activating group) is 1. The number of carbonyl (C=O) groups is 2. The van der Waals surface area contributed by atoms with Crippen LogP contribution in [0.3, 0.4) is 0 Å². The molecule has 0 saturated carbocycles. The number of morpholine rings is 1. The highest BCUT2D eigenvalue weighted by Gasteiger charge is 2.32. The van der Waals surface area contributed by atoms with Crippen LogP contribution in [0.25, 0.3) is 11.3 Å². The second kappa shape index (κ2) is 14.7. The molecule has 1 atom stereocenters. The van der Waals surface area contributed by atoms with E-state index in [1.807, 2.05) is 48.7 Å². The lowest BCUT2D eigenvalue weighted by Crippen LogP contribution is -2.42. The molecule has 278 valence electrons. The number of rotatable bonds is 8. The van der Waals surface area contributed by atoms with Gasteiger partial charge in [-0.25, -0.2) is 9.37 Å². The van der Waals surface area contributed by atoms with Gasteiger partial charge in [0.25, 0.3) is 11.8 Å². The Morgan fingerprint density at radius 1 is 0.907 bits per heavy atom. The van der Waals surface area contributed by atoms with Crippen LogP contribution in [0.15, 0.2) is 85.1 Å². The molecule has 2 aromatic heterocycles.